The Labute approximate surface area is 123 Å². The van der Waals surface area contributed by atoms with Crippen molar-refractivity contribution in [3.05, 3.63) is 23.2 Å². The van der Waals surface area contributed by atoms with Gasteiger partial charge in [0.1, 0.15) is 0 Å². The van der Waals surface area contributed by atoms with Gasteiger partial charge in [0.05, 0.1) is 10.2 Å². The van der Waals surface area contributed by atoms with Crippen molar-refractivity contribution in [1.82, 2.24) is 9.88 Å². The molecule has 2 aromatic rings. The zero-order valence-corrected chi connectivity index (χ0v) is 13.3. The second-order valence-electron chi connectivity index (χ2n) is 5.39. The van der Waals surface area contributed by atoms with Crippen LogP contribution >= 0.6 is 22.9 Å². The van der Waals surface area contributed by atoms with Gasteiger partial charge in [-0.05, 0) is 38.2 Å². The van der Waals surface area contributed by atoms with Crippen molar-refractivity contribution in [3.63, 3.8) is 0 Å². The van der Waals surface area contributed by atoms with Crippen LogP contribution in [0.2, 0.25) is 5.02 Å². The van der Waals surface area contributed by atoms with Gasteiger partial charge in [0.2, 0.25) is 0 Å². The van der Waals surface area contributed by atoms with Gasteiger partial charge in [-0.1, -0.05) is 36.8 Å². The van der Waals surface area contributed by atoms with Crippen LogP contribution < -0.4 is 5.32 Å². The zero-order valence-electron chi connectivity index (χ0n) is 11.8. The van der Waals surface area contributed by atoms with Crippen molar-refractivity contribution in [1.29, 1.82) is 0 Å². The van der Waals surface area contributed by atoms with Gasteiger partial charge in [-0.2, -0.15) is 0 Å². The maximum atomic E-state index is 5.99. The lowest BCUT2D eigenvalue weighted by atomic mass is 10.0. The Kier molecular flexibility index (Phi) is 4.66. The summed E-state index contributed by atoms with van der Waals surface area (Å²) < 4.78 is 1.17. The second kappa shape index (κ2) is 6.07. The largest absolute Gasteiger partial charge is 0.357 e. The number of rotatable bonds is 5. The molecule has 1 atom stereocenters. The minimum absolute atomic E-state index is 0.394. The molecule has 0 fully saturated rings. The Hall–Kier alpha value is -0.840. The number of halogens is 1. The molecule has 104 valence electrons. The maximum absolute atomic E-state index is 5.99. The number of fused-ring (bicyclic) bond motifs is 1. The Morgan fingerprint density at radius 3 is 2.74 bits per heavy atom. The number of nitrogens with one attached hydrogen (secondary N) is 1. The molecule has 1 unspecified atom stereocenters. The molecule has 2 rings (SSSR count). The summed E-state index contributed by atoms with van der Waals surface area (Å²) in [7, 11) is 4.18. The lowest BCUT2D eigenvalue weighted by molar-refractivity contribution is 0.344. The summed E-state index contributed by atoms with van der Waals surface area (Å²) in [4.78, 5) is 6.80. The minimum Gasteiger partial charge on any atom is -0.357 e. The predicted molar refractivity (Wildman–Crippen MR) is 85.4 cm³/mol. The van der Waals surface area contributed by atoms with Gasteiger partial charge in [-0.15, -0.1) is 0 Å². The number of likely N-dealkylation sites (N-methyl/N-ethyl adjacent to an activating group) is 1. The second-order valence-corrected chi connectivity index (χ2v) is 6.86. The van der Waals surface area contributed by atoms with Gasteiger partial charge in [0.15, 0.2) is 5.13 Å². The van der Waals surface area contributed by atoms with Crippen LogP contribution in [0.15, 0.2) is 18.2 Å². The number of aromatic nitrogens is 1. The highest BCUT2D eigenvalue weighted by Crippen LogP contribution is 2.29. The topological polar surface area (TPSA) is 28.2 Å². The first-order valence-corrected chi connectivity index (χ1v) is 7.62. The van der Waals surface area contributed by atoms with E-state index < -0.39 is 0 Å². The van der Waals surface area contributed by atoms with E-state index in [4.69, 9.17) is 11.6 Å². The fraction of sp³-hybridized carbons (Fsp3) is 0.500. The lowest BCUT2D eigenvalue weighted by Crippen LogP contribution is -2.36. The first kappa shape index (κ1) is 14.6. The van der Waals surface area contributed by atoms with Gasteiger partial charge in [0.25, 0.3) is 0 Å². The highest BCUT2D eigenvalue weighted by Gasteiger charge is 2.16. The lowest BCUT2D eigenvalue weighted by Gasteiger charge is -2.25. The molecular formula is C14H20ClN3S. The molecule has 0 saturated carbocycles. The fourth-order valence-corrected chi connectivity index (χ4v) is 3.01. The summed E-state index contributed by atoms with van der Waals surface area (Å²) in [6.45, 7) is 5.45. The van der Waals surface area contributed by atoms with Gasteiger partial charge in [0, 0.05) is 17.6 Å². The molecule has 5 heteroatoms. The van der Waals surface area contributed by atoms with Crippen LogP contribution in [0.5, 0.6) is 0 Å². The third-order valence-electron chi connectivity index (χ3n) is 3.03. The molecule has 1 aromatic heterocycles. The molecule has 0 aliphatic rings. The van der Waals surface area contributed by atoms with E-state index in [0.29, 0.717) is 12.0 Å². The van der Waals surface area contributed by atoms with Crippen LogP contribution in [0.1, 0.15) is 13.8 Å². The van der Waals surface area contributed by atoms with Crippen molar-refractivity contribution in [2.75, 3.05) is 26.0 Å². The highest BCUT2D eigenvalue weighted by molar-refractivity contribution is 7.22. The third-order valence-corrected chi connectivity index (χ3v) is 4.23. The van der Waals surface area contributed by atoms with Gasteiger partial charge in [-0.25, -0.2) is 4.98 Å². The number of thiazole rings is 1. The Balaban J connectivity index is 2.19. The quantitative estimate of drug-likeness (QED) is 0.906. The van der Waals surface area contributed by atoms with E-state index in [1.807, 2.05) is 18.2 Å². The molecule has 0 bridgehead atoms. The average molecular weight is 298 g/mol. The smallest absolute Gasteiger partial charge is 0.184 e. The van der Waals surface area contributed by atoms with Crippen LogP contribution in [0.25, 0.3) is 10.2 Å². The SMILES string of the molecule is CC(C)C(CN(C)C)Nc1nc2cc(Cl)ccc2s1. The maximum Gasteiger partial charge on any atom is 0.184 e. The normalized spacial score (nSPS) is 13.4. The zero-order chi connectivity index (χ0) is 14.0. The predicted octanol–water partition coefficient (Wildman–Crippen LogP) is 3.95. The summed E-state index contributed by atoms with van der Waals surface area (Å²) in [6, 6.07) is 6.24. The van der Waals surface area contributed by atoms with Gasteiger partial charge in [-0.3, -0.25) is 0 Å². The fourth-order valence-electron chi connectivity index (χ4n) is 1.94. The van der Waals surface area contributed by atoms with E-state index >= 15 is 0 Å². The number of hydrogen-bond acceptors (Lipinski definition) is 4. The molecule has 0 aliphatic carbocycles. The molecule has 0 saturated heterocycles. The highest BCUT2D eigenvalue weighted by atomic mass is 35.5. The van der Waals surface area contributed by atoms with Crippen molar-refractivity contribution in [2.45, 2.75) is 19.9 Å². The van der Waals surface area contributed by atoms with E-state index in [9.17, 15) is 0 Å². The molecule has 0 aliphatic heterocycles. The Morgan fingerprint density at radius 2 is 2.11 bits per heavy atom. The third kappa shape index (κ3) is 3.81. The molecule has 0 radical (unpaired) electrons. The first-order chi connectivity index (χ1) is 8.95. The molecule has 3 nitrogen and oxygen atoms in total. The summed E-state index contributed by atoms with van der Waals surface area (Å²) in [6.07, 6.45) is 0. The molecule has 19 heavy (non-hydrogen) atoms. The van der Waals surface area contributed by atoms with E-state index in [1.165, 1.54) is 4.70 Å². The Bertz CT molecular complexity index is 551. The number of anilines is 1. The molecule has 1 aromatic carbocycles. The van der Waals surface area contributed by atoms with Crippen molar-refractivity contribution < 1.29 is 0 Å². The molecule has 0 amide bonds. The van der Waals surface area contributed by atoms with Crippen LogP contribution in [0.3, 0.4) is 0 Å². The first-order valence-electron chi connectivity index (χ1n) is 6.43. The van der Waals surface area contributed by atoms with E-state index in [2.05, 4.69) is 43.1 Å². The average Bonchev–Trinajstić information content (AvgIpc) is 2.68. The summed E-state index contributed by atoms with van der Waals surface area (Å²) >= 11 is 7.67. The summed E-state index contributed by atoms with van der Waals surface area (Å²) in [5.74, 6) is 0.554. The molecule has 1 heterocycles. The van der Waals surface area contributed by atoms with Crippen LogP contribution in [-0.2, 0) is 0 Å². The van der Waals surface area contributed by atoms with Crippen LogP contribution in [0.4, 0.5) is 5.13 Å². The monoisotopic (exact) mass is 297 g/mol. The van der Waals surface area contributed by atoms with E-state index in [1.54, 1.807) is 11.3 Å². The van der Waals surface area contributed by atoms with Crippen molar-refractivity contribution in [3.8, 4) is 0 Å². The molecular weight excluding hydrogens is 278 g/mol. The molecule has 0 spiro atoms. The summed E-state index contributed by atoms with van der Waals surface area (Å²) in [5, 5.41) is 5.25. The standard InChI is InChI=1S/C14H20ClN3S/c1-9(2)12(8-18(3)4)17-14-16-11-7-10(15)5-6-13(11)19-14/h5-7,9,12H,8H2,1-4H3,(H,16,17). The minimum atomic E-state index is 0.394. The number of nitrogens with zero attached hydrogens (tertiary/aromatic N) is 2. The van der Waals surface area contributed by atoms with Gasteiger partial charge >= 0.3 is 0 Å². The van der Waals surface area contributed by atoms with Crippen LogP contribution in [0, 0.1) is 5.92 Å². The molecule has 1 N–H and O–H groups in total. The van der Waals surface area contributed by atoms with Crippen molar-refractivity contribution >= 4 is 38.3 Å². The van der Waals surface area contributed by atoms with Crippen LogP contribution in [-0.4, -0.2) is 36.6 Å². The number of benzene rings is 1. The number of hydrogen-bond donors (Lipinski definition) is 1. The van der Waals surface area contributed by atoms with E-state index in [0.717, 1.165) is 22.2 Å². The summed E-state index contributed by atoms with van der Waals surface area (Å²) in [5.41, 5.74) is 0.965. The van der Waals surface area contributed by atoms with Gasteiger partial charge < -0.3 is 10.2 Å². The van der Waals surface area contributed by atoms with E-state index in [-0.39, 0.29) is 0 Å². The Morgan fingerprint density at radius 1 is 1.37 bits per heavy atom. The van der Waals surface area contributed by atoms with Crippen molar-refractivity contribution in [2.24, 2.45) is 5.92 Å².